The fourth-order valence-electron chi connectivity index (χ4n) is 4.21. The smallest absolute Gasteiger partial charge is 0.337 e. The molecule has 30 heavy (non-hydrogen) atoms. The fraction of sp³-hybridized carbons (Fsp3) is 0.522. The van der Waals surface area contributed by atoms with Gasteiger partial charge in [-0.1, -0.05) is 19.8 Å². The average molecular weight is 412 g/mol. The van der Waals surface area contributed by atoms with E-state index in [1.165, 1.54) is 31.9 Å². The molecule has 4 rings (SSSR count). The van der Waals surface area contributed by atoms with Gasteiger partial charge in [0.1, 0.15) is 11.9 Å². The third-order valence-corrected chi connectivity index (χ3v) is 6.13. The Morgan fingerprint density at radius 3 is 2.77 bits per heavy atom. The van der Waals surface area contributed by atoms with Crippen molar-refractivity contribution in [1.29, 1.82) is 0 Å². The second-order valence-electron chi connectivity index (χ2n) is 8.43. The van der Waals surface area contributed by atoms with Crippen molar-refractivity contribution in [3.05, 3.63) is 48.0 Å². The number of nitrogens with zero attached hydrogens (tertiary/aromatic N) is 3. The Hall–Kier alpha value is -2.67. The van der Waals surface area contributed by atoms with E-state index in [-0.39, 0.29) is 11.7 Å². The molecule has 1 saturated heterocycles. The molecule has 0 amide bonds. The van der Waals surface area contributed by atoms with Crippen LogP contribution in [-0.4, -0.2) is 47.3 Å². The Labute approximate surface area is 177 Å². The SMILES string of the molecule is C[C@H]1CC[C@H](COc2cncc(N3CCOC(c4cncc(C(=O)O)c4)C3)c2)CC1. The van der Waals surface area contributed by atoms with E-state index in [0.29, 0.717) is 19.1 Å². The summed E-state index contributed by atoms with van der Waals surface area (Å²) < 4.78 is 12.0. The van der Waals surface area contributed by atoms with Gasteiger partial charge in [-0.3, -0.25) is 9.97 Å². The van der Waals surface area contributed by atoms with Crippen molar-refractivity contribution in [2.45, 2.75) is 38.7 Å². The number of carboxylic acids is 1. The zero-order valence-corrected chi connectivity index (χ0v) is 17.4. The molecule has 2 aliphatic rings. The van der Waals surface area contributed by atoms with E-state index >= 15 is 0 Å². The molecule has 0 bridgehead atoms. The second kappa shape index (κ2) is 9.43. The first kappa shape index (κ1) is 20.6. The van der Waals surface area contributed by atoms with Crippen LogP contribution in [0.4, 0.5) is 5.69 Å². The normalized spacial score (nSPS) is 24.4. The average Bonchev–Trinajstić information content (AvgIpc) is 2.79. The van der Waals surface area contributed by atoms with Crippen LogP contribution in [0.5, 0.6) is 5.75 Å². The number of carboxylic acid groups (broad SMARTS) is 1. The summed E-state index contributed by atoms with van der Waals surface area (Å²) in [5.41, 5.74) is 1.93. The summed E-state index contributed by atoms with van der Waals surface area (Å²) in [4.78, 5) is 21.9. The molecular weight excluding hydrogens is 382 g/mol. The first-order valence-corrected chi connectivity index (χ1v) is 10.7. The quantitative estimate of drug-likeness (QED) is 0.770. The summed E-state index contributed by atoms with van der Waals surface area (Å²) in [6.07, 6.45) is 11.5. The van der Waals surface area contributed by atoms with E-state index in [0.717, 1.165) is 36.1 Å². The monoisotopic (exact) mass is 411 g/mol. The number of ether oxygens (including phenoxy) is 2. The number of anilines is 1. The summed E-state index contributed by atoms with van der Waals surface area (Å²) in [5.74, 6) is 1.28. The lowest BCUT2D eigenvalue weighted by Crippen LogP contribution is -2.38. The van der Waals surface area contributed by atoms with Gasteiger partial charge in [0, 0.05) is 37.1 Å². The van der Waals surface area contributed by atoms with Gasteiger partial charge in [-0.15, -0.1) is 0 Å². The number of aromatic nitrogens is 2. The molecule has 7 nitrogen and oxygen atoms in total. The molecule has 160 valence electrons. The lowest BCUT2D eigenvalue weighted by atomic mass is 9.83. The minimum Gasteiger partial charge on any atom is -0.492 e. The van der Waals surface area contributed by atoms with Crippen LogP contribution in [-0.2, 0) is 4.74 Å². The first-order chi connectivity index (χ1) is 14.6. The molecule has 2 aromatic heterocycles. The largest absolute Gasteiger partial charge is 0.492 e. The van der Waals surface area contributed by atoms with Gasteiger partial charge in [0.2, 0.25) is 0 Å². The maximum Gasteiger partial charge on any atom is 0.337 e. The van der Waals surface area contributed by atoms with E-state index in [2.05, 4.69) is 21.8 Å². The third kappa shape index (κ3) is 5.08. The molecule has 7 heteroatoms. The van der Waals surface area contributed by atoms with Gasteiger partial charge in [0.25, 0.3) is 0 Å². The van der Waals surface area contributed by atoms with Crippen molar-refractivity contribution in [3.63, 3.8) is 0 Å². The van der Waals surface area contributed by atoms with Gasteiger partial charge in [0.15, 0.2) is 0 Å². The van der Waals surface area contributed by atoms with Gasteiger partial charge >= 0.3 is 5.97 Å². The summed E-state index contributed by atoms with van der Waals surface area (Å²) in [6.45, 7) is 4.98. The van der Waals surface area contributed by atoms with Crippen molar-refractivity contribution in [2.75, 3.05) is 31.2 Å². The summed E-state index contributed by atoms with van der Waals surface area (Å²) in [7, 11) is 0. The molecule has 2 aromatic rings. The summed E-state index contributed by atoms with van der Waals surface area (Å²) >= 11 is 0. The zero-order valence-electron chi connectivity index (χ0n) is 17.4. The molecule has 1 aliphatic heterocycles. The van der Waals surface area contributed by atoms with Gasteiger partial charge < -0.3 is 19.5 Å². The minimum absolute atomic E-state index is 0.169. The first-order valence-electron chi connectivity index (χ1n) is 10.7. The van der Waals surface area contributed by atoms with Crippen molar-refractivity contribution in [1.82, 2.24) is 9.97 Å². The molecule has 0 radical (unpaired) electrons. The lowest BCUT2D eigenvalue weighted by Gasteiger charge is -2.34. The van der Waals surface area contributed by atoms with Gasteiger partial charge in [-0.05, 0) is 30.7 Å². The van der Waals surface area contributed by atoms with E-state index in [9.17, 15) is 9.90 Å². The predicted octanol–water partition coefficient (Wildman–Crippen LogP) is 3.96. The van der Waals surface area contributed by atoms with Crippen LogP contribution in [0.3, 0.4) is 0 Å². The summed E-state index contributed by atoms with van der Waals surface area (Å²) in [6, 6.07) is 3.67. The zero-order chi connectivity index (χ0) is 20.9. The Kier molecular flexibility index (Phi) is 6.47. The van der Waals surface area contributed by atoms with Crippen LogP contribution < -0.4 is 9.64 Å². The Bertz CT molecular complexity index is 867. The standard InChI is InChI=1S/C23H29N3O4/c1-16-2-4-17(5-3-16)15-30-21-9-20(12-25-13-21)26-6-7-29-22(14-26)18-8-19(23(27)28)11-24-10-18/h8-13,16-17,22H,2-7,14-15H2,1H3,(H,27,28)/t16-,17-,22?. The number of aromatic carboxylic acids is 1. The molecule has 0 spiro atoms. The molecule has 0 aromatic carbocycles. The molecule has 1 atom stereocenters. The number of carbonyl (C=O) groups is 1. The summed E-state index contributed by atoms with van der Waals surface area (Å²) in [5, 5.41) is 9.21. The predicted molar refractivity (Wildman–Crippen MR) is 113 cm³/mol. The number of hydrogen-bond donors (Lipinski definition) is 1. The minimum atomic E-state index is -0.988. The van der Waals surface area contributed by atoms with E-state index < -0.39 is 5.97 Å². The molecule has 1 unspecified atom stereocenters. The number of hydrogen-bond acceptors (Lipinski definition) is 6. The Balaban J connectivity index is 1.39. The van der Waals surface area contributed by atoms with Crippen LogP contribution in [0.25, 0.3) is 0 Å². The van der Waals surface area contributed by atoms with Crippen molar-refractivity contribution in [3.8, 4) is 5.75 Å². The van der Waals surface area contributed by atoms with E-state index in [4.69, 9.17) is 9.47 Å². The van der Waals surface area contributed by atoms with Crippen molar-refractivity contribution < 1.29 is 19.4 Å². The molecular formula is C23H29N3O4. The highest BCUT2D eigenvalue weighted by molar-refractivity contribution is 5.87. The Morgan fingerprint density at radius 2 is 1.97 bits per heavy atom. The molecule has 2 fully saturated rings. The topological polar surface area (TPSA) is 84.8 Å². The van der Waals surface area contributed by atoms with Crippen molar-refractivity contribution in [2.24, 2.45) is 11.8 Å². The van der Waals surface area contributed by atoms with Gasteiger partial charge in [-0.25, -0.2) is 4.79 Å². The highest BCUT2D eigenvalue weighted by atomic mass is 16.5. The van der Waals surface area contributed by atoms with Crippen LogP contribution in [0, 0.1) is 11.8 Å². The Morgan fingerprint density at radius 1 is 1.17 bits per heavy atom. The third-order valence-electron chi connectivity index (χ3n) is 6.13. The lowest BCUT2D eigenvalue weighted by molar-refractivity contribution is 0.0394. The highest BCUT2D eigenvalue weighted by Gasteiger charge is 2.24. The molecule has 1 N–H and O–H groups in total. The van der Waals surface area contributed by atoms with Crippen LogP contribution in [0.1, 0.15) is 54.6 Å². The van der Waals surface area contributed by atoms with E-state index in [1.54, 1.807) is 18.5 Å². The van der Waals surface area contributed by atoms with Crippen LogP contribution >= 0.6 is 0 Å². The second-order valence-corrected chi connectivity index (χ2v) is 8.43. The van der Waals surface area contributed by atoms with Crippen molar-refractivity contribution >= 4 is 11.7 Å². The van der Waals surface area contributed by atoms with Gasteiger partial charge in [-0.2, -0.15) is 0 Å². The highest BCUT2D eigenvalue weighted by Crippen LogP contribution is 2.30. The van der Waals surface area contributed by atoms with Crippen LogP contribution in [0.2, 0.25) is 0 Å². The fourth-order valence-corrected chi connectivity index (χ4v) is 4.21. The van der Waals surface area contributed by atoms with Gasteiger partial charge in [0.05, 0.1) is 36.9 Å². The molecule has 3 heterocycles. The molecule has 1 saturated carbocycles. The maximum atomic E-state index is 11.2. The van der Waals surface area contributed by atoms with Crippen LogP contribution in [0.15, 0.2) is 36.9 Å². The number of rotatable bonds is 6. The number of morpholine rings is 1. The maximum absolute atomic E-state index is 11.2. The van der Waals surface area contributed by atoms with E-state index in [1.807, 2.05) is 12.3 Å². The number of pyridine rings is 2. The molecule has 1 aliphatic carbocycles.